The fraction of sp³-hybridized carbons (Fsp3) is 0.550. The topological polar surface area (TPSA) is 84.5 Å². The Hall–Kier alpha value is -2.37. The highest BCUT2D eigenvalue weighted by atomic mass is 16.5. The van der Waals surface area contributed by atoms with E-state index in [-0.39, 0.29) is 36.5 Å². The standard InChI is InChI=1S/C20H30N2O4/c1-13(2)10-17(20(25)26-5)22-19(24)12-15(4)11-18(23)21-16-8-6-14(3)7-9-16/h6-9,13,15,17H,10-12H2,1-5H3,(H,21,23)(H,22,24)/t15-,17-/m1/s1. The number of carbonyl (C=O) groups excluding carboxylic acids is 3. The van der Waals surface area contributed by atoms with Crippen LogP contribution in [-0.2, 0) is 19.1 Å². The zero-order valence-corrected chi connectivity index (χ0v) is 16.3. The Kier molecular flexibility index (Phi) is 8.82. The Labute approximate surface area is 155 Å². The Morgan fingerprint density at radius 2 is 1.58 bits per heavy atom. The molecule has 1 aromatic rings. The molecule has 0 bridgehead atoms. The van der Waals surface area contributed by atoms with Gasteiger partial charge in [-0.1, -0.05) is 38.5 Å². The second-order valence-corrected chi connectivity index (χ2v) is 7.20. The number of amides is 2. The van der Waals surface area contributed by atoms with Gasteiger partial charge in [-0.05, 0) is 37.3 Å². The molecule has 0 aliphatic heterocycles. The third kappa shape index (κ3) is 8.14. The maximum atomic E-state index is 12.2. The van der Waals surface area contributed by atoms with Crippen molar-refractivity contribution in [1.82, 2.24) is 5.32 Å². The SMILES string of the molecule is COC(=O)[C@@H](CC(C)C)NC(=O)C[C@H](C)CC(=O)Nc1ccc(C)cc1. The summed E-state index contributed by atoms with van der Waals surface area (Å²) in [6.45, 7) is 7.76. The maximum absolute atomic E-state index is 12.2. The molecule has 0 radical (unpaired) electrons. The molecule has 0 saturated carbocycles. The van der Waals surface area contributed by atoms with E-state index in [4.69, 9.17) is 4.74 Å². The molecule has 0 unspecified atom stereocenters. The molecule has 6 heteroatoms. The number of rotatable bonds is 9. The molecule has 0 aliphatic rings. The number of anilines is 1. The van der Waals surface area contributed by atoms with Crippen LogP contribution in [-0.4, -0.2) is 30.9 Å². The summed E-state index contributed by atoms with van der Waals surface area (Å²) in [5.41, 5.74) is 1.86. The van der Waals surface area contributed by atoms with Crippen LogP contribution in [0, 0.1) is 18.8 Å². The van der Waals surface area contributed by atoms with E-state index in [9.17, 15) is 14.4 Å². The third-order valence-electron chi connectivity index (χ3n) is 3.93. The zero-order valence-electron chi connectivity index (χ0n) is 16.3. The van der Waals surface area contributed by atoms with E-state index in [1.807, 2.05) is 52.0 Å². The van der Waals surface area contributed by atoms with Gasteiger partial charge in [0.05, 0.1) is 7.11 Å². The minimum Gasteiger partial charge on any atom is -0.467 e. The molecule has 2 N–H and O–H groups in total. The van der Waals surface area contributed by atoms with Crippen LogP contribution in [0.3, 0.4) is 0 Å². The second kappa shape index (κ2) is 10.6. The molecule has 0 heterocycles. The van der Waals surface area contributed by atoms with Crippen molar-refractivity contribution >= 4 is 23.5 Å². The molecule has 0 spiro atoms. The number of carbonyl (C=O) groups is 3. The largest absolute Gasteiger partial charge is 0.467 e. The molecule has 0 aliphatic carbocycles. The van der Waals surface area contributed by atoms with Gasteiger partial charge in [-0.25, -0.2) is 4.79 Å². The van der Waals surface area contributed by atoms with E-state index < -0.39 is 12.0 Å². The van der Waals surface area contributed by atoms with Crippen molar-refractivity contribution in [3.63, 3.8) is 0 Å². The number of nitrogens with one attached hydrogen (secondary N) is 2. The lowest BCUT2D eigenvalue weighted by molar-refractivity contribution is -0.145. The number of hydrogen-bond donors (Lipinski definition) is 2. The highest BCUT2D eigenvalue weighted by Gasteiger charge is 2.23. The van der Waals surface area contributed by atoms with Gasteiger partial charge in [0.2, 0.25) is 11.8 Å². The van der Waals surface area contributed by atoms with Crippen LogP contribution in [0.25, 0.3) is 0 Å². The summed E-state index contributed by atoms with van der Waals surface area (Å²) < 4.78 is 4.74. The van der Waals surface area contributed by atoms with Gasteiger partial charge in [-0.15, -0.1) is 0 Å². The van der Waals surface area contributed by atoms with Crippen molar-refractivity contribution in [3.05, 3.63) is 29.8 Å². The van der Waals surface area contributed by atoms with E-state index in [1.165, 1.54) is 7.11 Å². The fourth-order valence-corrected chi connectivity index (χ4v) is 2.64. The molecule has 26 heavy (non-hydrogen) atoms. The first-order chi connectivity index (χ1) is 12.2. The smallest absolute Gasteiger partial charge is 0.328 e. The lowest BCUT2D eigenvalue weighted by Gasteiger charge is -2.19. The van der Waals surface area contributed by atoms with Gasteiger partial charge in [-0.2, -0.15) is 0 Å². The summed E-state index contributed by atoms with van der Waals surface area (Å²) in [4.78, 5) is 36.1. The number of aryl methyl sites for hydroxylation is 1. The monoisotopic (exact) mass is 362 g/mol. The zero-order chi connectivity index (χ0) is 19.7. The van der Waals surface area contributed by atoms with Crippen molar-refractivity contribution in [3.8, 4) is 0 Å². The number of methoxy groups -OCH3 is 1. The number of ether oxygens (including phenoxy) is 1. The summed E-state index contributed by atoms with van der Waals surface area (Å²) in [5.74, 6) is -0.732. The lowest BCUT2D eigenvalue weighted by atomic mass is 10.0. The van der Waals surface area contributed by atoms with Gasteiger partial charge < -0.3 is 15.4 Å². The summed E-state index contributed by atoms with van der Waals surface area (Å²) >= 11 is 0. The minimum absolute atomic E-state index is 0.138. The fourth-order valence-electron chi connectivity index (χ4n) is 2.64. The van der Waals surface area contributed by atoms with Crippen LogP contribution in [0.5, 0.6) is 0 Å². The molecule has 0 saturated heterocycles. The van der Waals surface area contributed by atoms with Gasteiger partial charge in [0.1, 0.15) is 6.04 Å². The van der Waals surface area contributed by atoms with Crippen molar-refractivity contribution in [2.75, 3.05) is 12.4 Å². The van der Waals surface area contributed by atoms with Crippen LogP contribution in [0.1, 0.15) is 45.6 Å². The van der Waals surface area contributed by atoms with Gasteiger partial charge in [0.25, 0.3) is 0 Å². The van der Waals surface area contributed by atoms with E-state index in [2.05, 4.69) is 10.6 Å². The second-order valence-electron chi connectivity index (χ2n) is 7.20. The first-order valence-corrected chi connectivity index (χ1v) is 8.95. The molecule has 0 aromatic heterocycles. The Morgan fingerprint density at radius 1 is 1.00 bits per heavy atom. The third-order valence-corrected chi connectivity index (χ3v) is 3.93. The quantitative estimate of drug-likeness (QED) is 0.661. The van der Waals surface area contributed by atoms with Gasteiger partial charge >= 0.3 is 5.97 Å². The molecule has 0 fully saturated rings. The Bertz CT molecular complexity index is 611. The van der Waals surface area contributed by atoms with E-state index in [0.29, 0.717) is 6.42 Å². The number of esters is 1. The molecule has 144 valence electrons. The molecular formula is C20H30N2O4. The van der Waals surface area contributed by atoms with Crippen LogP contribution in [0.2, 0.25) is 0 Å². The first-order valence-electron chi connectivity index (χ1n) is 8.95. The van der Waals surface area contributed by atoms with Crippen molar-refractivity contribution in [2.24, 2.45) is 11.8 Å². The van der Waals surface area contributed by atoms with Gasteiger partial charge in [0.15, 0.2) is 0 Å². The van der Waals surface area contributed by atoms with Gasteiger partial charge in [0, 0.05) is 18.5 Å². The highest BCUT2D eigenvalue weighted by Crippen LogP contribution is 2.13. The lowest BCUT2D eigenvalue weighted by Crippen LogP contribution is -2.42. The van der Waals surface area contributed by atoms with Crippen LogP contribution >= 0.6 is 0 Å². The van der Waals surface area contributed by atoms with E-state index in [1.54, 1.807) is 0 Å². The average Bonchev–Trinajstić information content (AvgIpc) is 2.54. The molecule has 1 rings (SSSR count). The van der Waals surface area contributed by atoms with Gasteiger partial charge in [-0.3, -0.25) is 9.59 Å². The van der Waals surface area contributed by atoms with Crippen LogP contribution < -0.4 is 10.6 Å². The van der Waals surface area contributed by atoms with Crippen molar-refractivity contribution < 1.29 is 19.1 Å². The molecule has 2 amide bonds. The number of hydrogen-bond acceptors (Lipinski definition) is 4. The maximum Gasteiger partial charge on any atom is 0.328 e. The molecule has 6 nitrogen and oxygen atoms in total. The van der Waals surface area contributed by atoms with E-state index in [0.717, 1.165) is 11.3 Å². The Balaban J connectivity index is 2.48. The normalized spacial score (nSPS) is 13.0. The van der Waals surface area contributed by atoms with Crippen LogP contribution in [0.15, 0.2) is 24.3 Å². The predicted octanol–water partition coefficient (Wildman–Crippen LogP) is 3.05. The first kappa shape index (κ1) is 21.7. The molecule has 1 aromatic carbocycles. The summed E-state index contributed by atoms with van der Waals surface area (Å²) in [6, 6.07) is 6.89. The molecule has 2 atom stereocenters. The summed E-state index contributed by atoms with van der Waals surface area (Å²) in [5, 5.41) is 5.54. The Morgan fingerprint density at radius 3 is 2.12 bits per heavy atom. The van der Waals surface area contributed by atoms with Crippen molar-refractivity contribution in [1.29, 1.82) is 0 Å². The predicted molar refractivity (Wildman–Crippen MR) is 102 cm³/mol. The number of benzene rings is 1. The summed E-state index contributed by atoms with van der Waals surface area (Å²) in [7, 11) is 1.31. The highest BCUT2D eigenvalue weighted by molar-refractivity contribution is 5.91. The average molecular weight is 362 g/mol. The summed E-state index contributed by atoms with van der Waals surface area (Å²) in [6.07, 6.45) is 0.919. The molecular weight excluding hydrogens is 332 g/mol. The van der Waals surface area contributed by atoms with E-state index >= 15 is 0 Å². The van der Waals surface area contributed by atoms with Crippen molar-refractivity contribution in [2.45, 2.75) is 53.0 Å². The van der Waals surface area contributed by atoms with Crippen LogP contribution in [0.4, 0.5) is 5.69 Å². The minimum atomic E-state index is -0.652.